The highest BCUT2D eigenvalue weighted by atomic mass is 79.9. The van der Waals surface area contributed by atoms with Gasteiger partial charge in [-0.05, 0) is 24.6 Å². The molecule has 0 bridgehead atoms. The van der Waals surface area contributed by atoms with Crippen LogP contribution in [0.1, 0.15) is 24.5 Å². The second-order valence-electron chi connectivity index (χ2n) is 5.79. The van der Waals surface area contributed by atoms with Crippen LogP contribution in [0.15, 0.2) is 57.1 Å². The van der Waals surface area contributed by atoms with Crippen molar-refractivity contribution in [3.8, 4) is 5.88 Å². The van der Waals surface area contributed by atoms with E-state index in [0.29, 0.717) is 23.6 Å². The molecule has 6 heteroatoms. The molecule has 0 fully saturated rings. The maximum atomic E-state index is 10.5. The highest BCUT2D eigenvalue weighted by molar-refractivity contribution is 9.10. The number of H-pyrrole nitrogens is 1. The zero-order valence-electron chi connectivity index (χ0n) is 13.6. The topological polar surface area (TPSA) is 70.0 Å². The second kappa shape index (κ2) is 6.37. The first kappa shape index (κ1) is 15.9. The van der Waals surface area contributed by atoms with Gasteiger partial charge < -0.3 is 14.9 Å². The van der Waals surface area contributed by atoms with Gasteiger partial charge in [0.15, 0.2) is 5.88 Å². The van der Waals surface area contributed by atoms with Crippen LogP contribution < -0.4 is 0 Å². The van der Waals surface area contributed by atoms with Crippen LogP contribution in [-0.2, 0) is 4.84 Å². The Balaban J connectivity index is 1.89. The predicted molar refractivity (Wildman–Crippen MR) is 103 cm³/mol. The number of nitrogens with one attached hydrogen (secondary N) is 1. The molecule has 1 aliphatic heterocycles. The molecule has 25 heavy (non-hydrogen) atoms. The zero-order valence-corrected chi connectivity index (χ0v) is 15.2. The van der Waals surface area contributed by atoms with Crippen molar-refractivity contribution in [3.63, 3.8) is 0 Å². The summed E-state index contributed by atoms with van der Waals surface area (Å²) in [4.78, 5) is 13.1. The second-order valence-corrected chi connectivity index (χ2v) is 6.70. The van der Waals surface area contributed by atoms with Crippen molar-refractivity contribution in [3.05, 3.63) is 58.1 Å². The summed E-state index contributed by atoms with van der Waals surface area (Å²) < 4.78 is 0.935. The van der Waals surface area contributed by atoms with E-state index in [-0.39, 0.29) is 5.88 Å². The lowest BCUT2D eigenvalue weighted by molar-refractivity contribution is 0.146. The molecule has 0 saturated heterocycles. The van der Waals surface area contributed by atoms with Gasteiger partial charge >= 0.3 is 0 Å². The summed E-state index contributed by atoms with van der Waals surface area (Å²) in [6.07, 6.45) is 0.872. The molecule has 1 aliphatic rings. The van der Waals surface area contributed by atoms with Crippen LogP contribution in [0.25, 0.3) is 10.9 Å². The SMILES string of the molecule is CCCO/N=C1\C(c2c(O)[nH]c3cc(Br)ccc23)=Nc2ccccc21. The molecule has 2 aromatic carbocycles. The van der Waals surface area contributed by atoms with E-state index in [2.05, 4.69) is 26.1 Å². The number of aliphatic imine (C=N–C) groups is 1. The van der Waals surface area contributed by atoms with E-state index in [1.54, 1.807) is 0 Å². The van der Waals surface area contributed by atoms with Crippen molar-refractivity contribution >= 4 is 43.9 Å². The highest BCUT2D eigenvalue weighted by Gasteiger charge is 2.29. The number of hydrogen-bond donors (Lipinski definition) is 2. The molecule has 1 aromatic heterocycles. The number of benzene rings is 2. The molecule has 0 saturated carbocycles. The van der Waals surface area contributed by atoms with Crippen LogP contribution in [0.2, 0.25) is 0 Å². The summed E-state index contributed by atoms with van der Waals surface area (Å²) in [5, 5.41) is 15.7. The number of para-hydroxylation sites is 1. The number of hydrogen-bond acceptors (Lipinski definition) is 4. The van der Waals surface area contributed by atoms with Crippen molar-refractivity contribution in [2.24, 2.45) is 10.1 Å². The van der Waals surface area contributed by atoms with Crippen LogP contribution in [0.3, 0.4) is 0 Å². The minimum absolute atomic E-state index is 0.0721. The van der Waals surface area contributed by atoms with Gasteiger partial charge in [0, 0.05) is 15.4 Å². The van der Waals surface area contributed by atoms with E-state index in [4.69, 9.17) is 9.83 Å². The van der Waals surface area contributed by atoms with Gasteiger partial charge in [-0.15, -0.1) is 0 Å². The van der Waals surface area contributed by atoms with Gasteiger partial charge in [-0.25, -0.2) is 4.99 Å². The van der Waals surface area contributed by atoms with Gasteiger partial charge in [-0.2, -0.15) is 0 Å². The van der Waals surface area contributed by atoms with Gasteiger partial charge in [-0.3, -0.25) is 0 Å². The molecule has 4 rings (SSSR count). The Morgan fingerprint density at radius 1 is 1.24 bits per heavy atom. The molecule has 2 heterocycles. The third kappa shape index (κ3) is 2.72. The normalized spacial score (nSPS) is 14.8. The monoisotopic (exact) mass is 397 g/mol. The molecule has 0 radical (unpaired) electrons. The van der Waals surface area contributed by atoms with E-state index < -0.39 is 0 Å². The summed E-state index contributed by atoms with van der Waals surface area (Å²) in [6, 6.07) is 13.6. The maximum absolute atomic E-state index is 10.5. The summed E-state index contributed by atoms with van der Waals surface area (Å²) in [5.41, 5.74) is 4.44. The van der Waals surface area contributed by atoms with Crippen molar-refractivity contribution in [2.45, 2.75) is 13.3 Å². The first-order valence-corrected chi connectivity index (χ1v) is 8.87. The highest BCUT2D eigenvalue weighted by Crippen LogP contribution is 2.36. The number of aromatic nitrogens is 1. The quantitative estimate of drug-likeness (QED) is 0.485. The van der Waals surface area contributed by atoms with Gasteiger partial charge in [0.1, 0.15) is 18.0 Å². The maximum Gasteiger partial charge on any atom is 0.199 e. The van der Waals surface area contributed by atoms with Crippen LogP contribution in [0.5, 0.6) is 5.88 Å². The molecule has 3 aromatic rings. The average molecular weight is 398 g/mol. The average Bonchev–Trinajstić information content (AvgIpc) is 3.11. The van der Waals surface area contributed by atoms with E-state index in [9.17, 15) is 5.11 Å². The number of fused-ring (bicyclic) bond motifs is 2. The first-order chi connectivity index (χ1) is 12.2. The molecular formula is C19H16BrN3O2. The number of oxime groups is 1. The number of aromatic amines is 1. The fraction of sp³-hybridized carbons (Fsp3) is 0.158. The Morgan fingerprint density at radius 3 is 2.92 bits per heavy atom. The lowest BCUT2D eigenvalue weighted by Crippen LogP contribution is -2.13. The van der Waals surface area contributed by atoms with Gasteiger partial charge in [0.05, 0.1) is 16.8 Å². The van der Waals surface area contributed by atoms with Crippen molar-refractivity contribution in [1.29, 1.82) is 0 Å². The minimum Gasteiger partial charge on any atom is -0.494 e. The van der Waals surface area contributed by atoms with E-state index in [1.807, 2.05) is 49.4 Å². The van der Waals surface area contributed by atoms with Gasteiger partial charge in [0.25, 0.3) is 0 Å². The first-order valence-electron chi connectivity index (χ1n) is 8.08. The van der Waals surface area contributed by atoms with Crippen molar-refractivity contribution in [2.75, 3.05) is 6.61 Å². The predicted octanol–water partition coefficient (Wildman–Crippen LogP) is 4.90. The third-order valence-corrected chi connectivity index (χ3v) is 4.54. The Morgan fingerprint density at radius 2 is 2.08 bits per heavy atom. The van der Waals surface area contributed by atoms with Crippen LogP contribution >= 0.6 is 15.9 Å². The molecule has 0 atom stereocenters. The molecule has 0 unspecified atom stereocenters. The van der Waals surface area contributed by atoms with Gasteiger partial charge in [-0.1, -0.05) is 52.3 Å². The van der Waals surface area contributed by atoms with Crippen LogP contribution in [0, 0.1) is 0 Å². The lowest BCUT2D eigenvalue weighted by atomic mass is 10.0. The molecule has 2 N–H and O–H groups in total. The van der Waals surface area contributed by atoms with E-state index in [0.717, 1.165) is 33.0 Å². The lowest BCUT2D eigenvalue weighted by Gasteiger charge is -2.04. The standard InChI is InChI=1S/C19H16BrN3O2/c1-2-9-25-23-17-13-5-3-4-6-14(13)21-18(17)16-12-8-7-11(20)10-15(12)22-19(16)24/h3-8,10,22,24H,2,9H2,1H3/b23-17-. The molecule has 0 aliphatic carbocycles. The Hall–Kier alpha value is -2.60. The summed E-state index contributed by atoms with van der Waals surface area (Å²) in [6.45, 7) is 2.56. The Kier molecular flexibility index (Phi) is 4.05. The molecule has 126 valence electrons. The van der Waals surface area contributed by atoms with E-state index in [1.165, 1.54) is 0 Å². The molecule has 0 amide bonds. The van der Waals surface area contributed by atoms with Crippen LogP contribution in [0.4, 0.5) is 5.69 Å². The molecular weight excluding hydrogens is 382 g/mol. The number of rotatable bonds is 4. The zero-order chi connectivity index (χ0) is 17.4. The fourth-order valence-corrected chi connectivity index (χ4v) is 3.30. The Labute approximate surface area is 153 Å². The largest absolute Gasteiger partial charge is 0.494 e. The van der Waals surface area contributed by atoms with Crippen molar-refractivity contribution < 1.29 is 9.94 Å². The number of halogens is 1. The van der Waals surface area contributed by atoms with Gasteiger partial charge in [0.2, 0.25) is 0 Å². The van der Waals surface area contributed by atoms with E-state index >= 15 is 0 Å². The smallest absolute Gasteiger partial charge is 0.199 e. The minimum atomic E-state index is 0.0721. The van der Waals surface area contributed by atoms with Crippen LogP contribution in [-0.4, -0.2) is 28.1 Å². The fourth-order valence-electron chi connectivity index (χ4n) is 2.94. The number of aromatic hydroxyl groups is 1. The summed E-state index contributed by atoms with van der Waals surface area (Å²) in [5.74, 6) is 0.0721. The summed E-state index contributed by atoms with van der Waals surface area (Å²) >= 11 is 3.45. The molecule has 0 spiro atoms. The Bertz CT molecular complexity index is 1020. The summed E-state index contributed by atoms with van der Waals surface area (Å²) in [7, 11) is 0. The third-order valence-electron chi connectivity index (χ3n) is 4.04. The van der Waals surface area contributed by atoms with Crippen molar-refractivity contribution in [1.82, 2.24) is 4.98 Å². The number of nitrogens with zero attached hydrogens (tertiary/aromatic N) is 2. The molecule has 5 nitrogen and oxygen atoms in total.